The first-order valence-corrected chi connectivity index (χ1v) is 6.10. The Balaban J connectivity index is 1.95. The monoisotopic (exact) mass is 252 g/mol. The van der Waals surface area contributed by atoms with Gasteiger partial charge in [0.15, 0.2) is 0 Å². The summed E-state index contributed by atoms with van der Waals surface area (Å²) in [6.45, 7) is 2.20. The maximum atomic E-state index is 13.0. The number of carbonyl (C=O) groups excluding carboxylic acids is 1. The Bertz CT molecular complexity index is 419. The molecule has 0 radical (unpaired) electrons. The normalized spacial score (nSPS) is 16.6. The quantitative estimate of drug-likeness (QED) is 0.822. The van der Waals surface area contributed by atoms with Crippen LogP contribution in [0.1, 0.15) is 23.2 Å². The molecule has 0 aliphatic carbocycles. The smallest absolute Gasteiger partial charge is 0.255 e. The molecule has 0 saturated carbocycles. The standard InChI is InChI=1S/C13H17FN2O2/c1-16(9-10-2-4-18-5-3-10)13(17)11-6-12(14)8-15-7-11/h6-8,10H,2-5,9H2,1H3. The minimum atomic E-state index is -0.486. The van der Waals surface area contributed by atoms with Gasteiger partial charge >= 0.3 is 0 Å². The lowest BCUT2D eigenvalue weighted by Gasteiger charge is -2.27. The molecule has 2 heterocycles. The molecule has 1 aromatic heterocycles. The molecule has 1 fully saturated rings. The second-order valence-electron chi connectivity index (χ2n) is 4.63. The molecule has 0 unspecified atom stereocenters. The summed E-state index contributed by atoms with van der Waals surface area (Å²) in [5.74, 6) is -0.206. The topological polar surface area (TPSA) is 42.4 Å². The molecule has 1 amide bonds. The van der Waals surface area contributed by atoms with Gasteiger partial charge in [0.1, 0.15) is 5.82 Å². The molecule has 1 aliphatic heterocycles. The molecule has 1 aliphatic rings. The number of rotatable bonds is 3. The summed E-state index contributed by atoms with van der Waals surface area (Å²) in [5.41, 5.74) is 0.296. The number of ether oxygens (including phenoxy) is 1. The van der Waals surface area contributed by atoms with Crippen molar-refractivity contribution in [3.05, 3.63) is 29.8 Å². The number of pyridine rings is 1. The molecule has 0 atom stereocenters. The van der Waals surface area contributed by atoms with E-state index in [1.54, 1.807) is 11.9 Å². The summed E-state index contributed by atoms with van der Waals surface area (Å²) >= 11 is 0. The molecule has 1 saturated heterocycles. The van der Waals surface area contributed by atoms with E-state index >= 15 is 0 Å². The average molecular weight is 252 g/mol. The Kier molecular flexibility index (Phi) is 4.25. The summed E-state index contributed by atoms with van der Waals surface area (Å²) in [6, 6.07) is 1.22. The van der Waals surface area contributed by atoms with E-state index in [-0.39, 0.29) is 5.91 Å². The Morgan fingerprint density at radius 2 is 2.22 bits per heavy atom. The lowest BCUT2D eigenvalue weighted by molar-refractivity contribution is 0.0497. The first kappa shape index (κ1) is 13.0. The predicted molar refractivity (Wildman–Crippen MR) is 64.7 cm³/mol. The number of nitrogens with zero attached hydrogens (tertiary/aromatic N) is 2. The van der Waals surface area contributed by atoms with E-state index in [0.717, 1.165) is 32.3 Å². The molecule has 0 bridgehead atoms. The third kappa shape index (κ3) is 3.26. The number of amides is 1. The van der Waals surface area contributed by atoms with Crippen LogP contribution in [0.15, 0.2) is 18.5 Å². The van der Waals surface area contributed by atoms with Gasteiger partial charge in [-0.25, -0.2) is 4.39 Å². The van der Waals surface area contributed by atoms with Crippen molar-refractivity contribution >= 4 is 5.91 Å². The molecule has 0 spiro atoms. The summed E-state index contributed by atoms with van der Waals surface area (Å²) in [6.07, 6.45) is 4.43. The molecular weight excluding hydrogens is 235 g/mol. The van der Waals surface area contributed by atoms with Gasteiger partial charge in [-0.15, -0.1) is 0 Å². The minimum Gasteiger partial charge on any atom is -0.381 e. The van der Waals surface area contributed by atoms with Gasteiger partial charge in [-0.05, 0) is 24.8 Å². The van der Waals surface area contributed by atoms with Gasteiger partial charge < -0.3 is 9.64 Å². The van der Waals surface area contributed by atoms with Crippen LogP contribution in [-0.2, 0) is 4.74 Å². The van der Waals surface area contributed by atoms with E-state index in [1.807, 2.05) is 0 Å². The van der Waals surface area contributed by atoms with Crippen molar-refractivity contribution in [1.29, 1.82) is 0 Å². The second kappa shape index (κ2) is 5.91. The van der Waals surface area contributed by atoms with Gasteiger partial charge in [0.2, 0.25) is 0 Å². The largest absolute Gasteiger partial charge is 0.381 e. The number of aromatic nitrogens is 1. The zero-order valence-electron chi connectivity index (χ0n) is 10.4. The molecule has 0 N–H and O–H groups in total. The molecule has 98 valence electrons. The van der Waals surface area contributed by atoms with Crippen molar-refractivity contribution in [3.63, 3.8) is 0 Å². The number of hydrogen-bond acceptors (Lipinski definition) is 3. The maximum absolute atomic E-state index is 13.0. The van der Waals surface area contributed by atoms with E-state index in [1.165, 1.54) is 12.3 Å². The minimum absolute atomic E-state index is 0.187. The maximum Gasteiger partial charge on any atom is 0.255 e. The third-order valence-electron chi connectivity index (χ3n) is 3.17. The van der Waals surface area contributed by atoms with Crippen molar-refractivity contribution in [3.8, 4) is 0 Å². The SMILES string of the molecule is CN(CC1CCOCC1)C(=O)c1cncc(F)c1. The lowest BCUT2D eigenvalue weighted by Crippen LogP contribution is -2.34. The van der Waals surface area contributed by atoms with Crippen LogP contribution >= 0.6 is 0 Å². The van der Waals surface area contributed by atoms with Gasteiger partial charge in [0, 0.05) is 33.0 Å². The second-order valence-corrected chi connectivity index (χ2v) is 4.63. The van der Waals surface area contributed by atoms with E-state index in [0.29, 0.717) is 18.0 Å². The van der Waals surface area contributed by atoms with Crippen LogP contribution in [0.3, 0.4) is 0 Å². The van der Waals surface area contributed by atoms with Crippen molar-refractivity contribution in [2.24, 2.45) is 5.92 Å². The Labute approximate surface area is 106 Å². The molecule has 5 heteroatoms. The Hall–Kier alpha value is -1.49. The van der Waals surface area contributed by atoms with E-state index in [2.05, 4.69) is 4.98 Å². The van der Waals surface area contributed by atoms with E-state index in [4.69, 9.17) is 4.74 Å². The van der Waals surface area contributed by atoms with Crippen molar-refractivity contribution in [1.82, 2.24) is 9.88 Å². The summed E-state index contributed by atoms with van der Waals surface area (Å²) in [7, 11) is 1.74. The van der Waals surface area contributed by atoms with Crippen LogP contribution in [0, 0.1) is 11.7 Å². The highest BCUT2D eigenvalue weighted by atomic mass is 19.1. The molecule has 2 rings (SSSR count). The first-order chi connectivity index (χ1) is 8.66. The fraction of sp³-hybridized carbons (Fsp3) is 0.538. The number of halogens is 1. The third-order valence-corrected chi connectivity index (χ3v) is 3.17. The fourth-order valence-corrected chi connectivity index (χ4v) is 2.15. The molecule has 4 nitrogen and oxygen atoms in total. The summed E-state index contributed by atoms with van der Waals surface area (Å²) in [5, 5.41) is 0. The van der Waals surface area contributed by atoms with Crippen LogP contribution in [0.5, 0.6) is 0 Å². The highest BCUT2D eigenvalue weighted by Gasteiger charge is 2.19. The van der Waals surface area contributed by atoms with Crippen molar-refractivity contribution in [2.45, 2.75) is 12.8 Å². The zero-order valence-corrected chi connectivity index (χ0v) is 10.4. The van der Waals surface area contributed by atoms with Crippen LogP contribution in [0.25, 0.3) is 0 Å². The highest BCUT2D eigenvalue weighted by molar-refractivity contribution is 5.93. The van der Waals surface area contributed by atoms with Crippen LogP contribution in [-0.4, -0.2) is 42.6 Å². The Morgan fingerprint density at radius 1 is 1.50 bits per heavy atom. The highest BCUT2D eigenvalue weighted by Crippen LogP contribution is 2.16. The van der Waals surface area contributed by atoms with Gasteiger partial charge in [0.05, 0.1) is 11.8 Å². The van der Waals surface area contributed by atoms with Crippen LogP contribution < -0.4 is 0 Å². The number of carbonyl (C=O) groups is 1. The van der Waals surface area contributed by atoms with Crippen molar-refractivity contribution < 1.29 is 13.9 Å². The lowest BCUT2D eigenvalue weighted by atomic mass is 10.00. The van der Waals surface area contributed by atoms with Crippen molar-refractivity contribution in [2.75, 3.05) is 26.8 Å². The Morgan fingerprint density at radius 3 is 2.89 bits per heavy atom. The van der Waals surface area contributed by atoms with Crippen LogP contribution in [0.2, 0.25) is 0 Å². The van der Waals surface area contributed by atoms with Gasteiger partial charge in [-0.1, -0.05) is 0 Å². The average Bonchev–Trinajstić information content (AvgIpc) is 2.39. The molecular formula is C13H17FN2O2. The van der Waals surface area contributed by atoms with Gasteiger partial charge in [-0.3, -0.25) is 9.78 Å². The molecule has 1 aromatic rings. The first-order valence-electron chi connectivity index (χ1n) is 6.10. The molecule has 18 heavy (non-hydrogen) atoms. The zero-order chi connectivity index (χ0) is 13.0. The molecule has 0 aromatic carbocycles. The summed E-state index contributed by atoms with van der Waals surface area (Å²) < 4.78 is 18.3. The van der Waals surface area contributed by atoms with E-state index < -0.39 is 5.82 Å². The van der Waals surface area contributed by atoms with Gasteiger partial charge in [-0.2, -0.15) is 0 Å². The fourth-order valence-electron chi connectivity index (χ4n) is 2.15. The number of hydrogen-bond donors (Lipinski definition) is 0. The van der Waals surface area contributed by atoms with Gasteiger partial charge in [0.25, 0.3) is 5.91 Å². The van der Waals surface area contributed by atoms with E-state index in [9.17, 15) is 9.18 Å². The van der Waals surface area contributed by atoms with Crippen LogP contribution in [0.4, 0.5) is 4.39 Å². The predicted octanol–water partition coefficient (Wildman–Crippen LogP) is 1.72. The summed E-state index contributed by atoms with van der Waals surface area (Å²) in [4.78, 5) is 17.4.